The van der Waals surface area contributed by atoms with Gasteiger partial charge in [0.1, 0.15) is 0 Å². The van der Waals surface area contributed by atoms with Gasteiger partial charge in [0.25, 0.3) is 0 Å². The average molecular weight is 236 g/mol. The number of hydrogen-bond donors (Lipinski definition) is 2. The second-order valence-corrected chi connectivity index (χ2v) is 4.99. The van der Waals surface area contributed by atoms with Crippen LogP contribution in [0.25, 0.3) is 0 Å². The molecular formula is C3H10Li2O7S2. The third-order valence-corrected chi connectivity index (χ3v) is 3.49. The van der Waals surface area contributed by atoms with Crippen molar-refractivity contribution in [2.45, 2.75) is 11.7 Å². The van der Waals surface area contributed by atoms with Gasteiger partial charge in [0, 0.05) is 6.61 Å². The van der Waals surface area contributed by atoms with Crippen LogP contribution >= 0.6 is 0 Å². The third-order valence-electron chi connectivity index (χ3n) is 0.789. The van der Waals surface area contributed by atoms with Crippen molar-refractivity contribution in [1.82, 2.24) is 0 Å². The van der Waals surface area contributed by atoms with Crippen molar-refractivity contribution in [2.75, 3.05) is 6.61 Å². The molecule has 0 aromatic rings. The van der Waals surface area contributed by atoms with E-state index in [0.29, 0.717) is 0 Å². The predicted octanol–water partition coefficient (Wildman–Crippen LogP) is -2.21. The molecule has 0 aliphatic rings. The van der Waals surface area contributed by atoms with Crippen LogP contribution in [-0.4, -0.2) is 75.0 Å². The van der Waals surface area contributed by atoms with Crippen molar-refractivity contribution in [3.8, 4) is 0 Å². The SMILES string of the molecule is CCOC(S(=O)(=O)O)S(=O)(=O)O.[LiH].[LiH]. The summed E-state index contributed by atoms with van der Waals surface area (Å²) in [7, 11) is -9.89. The molecule has 0 aromatic heterocycles. The van der Waals surface area contributed by atoms with Gasteiger partial charge in [-0.3, -0.25) is 9.11 Å². The molecule has 0 aliphatic heterocycles. The van der Waals surface area contributed by atoms with Crippen molar-refractivity contribution in [1.29, 1.82) is 0 Å². The van der Waals surface area contributed by atoms with Crippen molar-refractivity contribution < 1.29 is 30.7 Å². The van der Waals surface area contributed by atoms with E-state index in [1.54, 1.807) is 0 Å². The predicted molar refractivity (Wildman–Crippen MR) is 52.8 cm³/mol. The Morgan fingerprint density at radius 3 is 1.43 bits per heavy atom. The molecule has 0 radical (unpaired) electrons. The zero-order valence-electron chi connectivity index (χ0n) is 6.04. The van der Waals surface area contributed by atoms with Gasteiger partial charge >= 0.3 is 62.7 Å². The molecule has 0 heterocycles. The zero-order chi connectivity index (χ0) is 9.99. The second kappa shape index (κ2) is 7.28. The summed E-state index contributed by atoms with van der Waals surface area (Å²) in [5.74, 6) is 0. The van der Waals surface area contributed by atoms with Gasteiger partial charge in [-0.2, -0.15) is 16.8 Å². The molecule has 0 spiro atoms. The standard InChI is InChI=1S/C3H8O7S2.2Li.2H/c1-2-10-3(11(4,5)6)12(7,8)9;;;;/h3H,2H2,1H3,(H,4,5,6)(H,7,8,9);;;;. The van der Waals surface area contributed by atoms with E-state index in [9.17, 15) is 16.8 Å². The van der Waals surface area contributed by atoms with Crippen LogP contribution in [0.5, 0.6) is 0 Å². The van der Waals surface area contributed by atoms with Gasteiger partial charge in [-0.15, -0.1) is 0 Å². The first-order chi connectivity index (χ1) is 5.19. The van der Waals surface area contributed by atoms with E-state index < -0.39 is 25.0 Å². The molecule has 7 nitrogen and oxygen atoms in total. The monoisotopic (exact) mass is 236 g/mol. The summed E-state index contributed by atoms with van der Waals surface area (Å²) < 4.78 is 59.0. The van der Waals surface area contributed by atoms with Gasteiger partial charge in [0.05, 0.1) is 0 Å². The van der Waals surface area contributed by atoms with Gasteiger partial charge in [0.2, 0.25) is 0 Å². The Bertz CT molecular complexity index is 300. The quantitative estimate of drug-likeness (QED) is 0.419. The van der Waals surface area contributed by atoms with Gasteiger partial charge in [0.15, 0.2) is 0 Å². The molecule has 0 rings (SSSR count). The molecule has 0 bridgehead atoms. The Morgan fingerprint density at radius 1 is 1.07 bits per heavy atom. The molecule has 14 heavy (non-hydrogen) atoms. The van der Waals surface area contributed by atoms with Gasteiger partial charge in [-0.1, -0.05) is 0 Å². The van der Waals surface area contributed by atoms with Crippen molar-refractivity contribution in [3.05, 3.63) is 0 Å². The Kier molecular flexibility index (Phi) is 10.6. The molecule has 0 amide bonds. The Morgan fingerprint density at radius 2 is 1.36 bits per heavy atom. The van der Waals surface area contributed by atoms with Crippen LogP contribution in [0.2, 0.25) is 0 Å². The van der Waals surface area contributed by atoms with E-state index in [2.05, 4.69) is 4.74 Å². The summed E-state index contributed by atoms with van der Waals surface area (Å²) in [5, 5.41) is 0. The zero-order valence-corrected chi connectivity index (χ0v) is 7.67. The first-order valence-corrected chi connectivity index (χ1v) is 5.74. The van der Waals surface area contributed by atoms with Crippen LogP contribution in [0, 0.1) is 0 Å². The van der Waals surface area contributed by atoms with E-state index in [1.807, 2.05) is 0 Å². The third kappa shape index (κ3) is 7.29. The van der Waals surface area contributed by atoms with E-state index in [4.69, 9.17) is 9.11 Å². The fourth-order valence-corrected chi connectivity index (χ4v) is 2.31. The maximum atomic E-state index is 10.3. The molecule has 0 saturated heterocycles. The summed E-state index contributed by atoms with van der Waals surface area (Å²) >= 11 is 0. The van der Waals surface area contributed by atoms with Crippen LogP contribution in [0.15, 0.2) is 0 Å². The average Bonchev–Trinajstić information content (AvgIpc) is 1.77. The Balaban J connectivity index is -0.000000605. The number of rotatable bonds is 4. The normalized spacial score (nSPS) is 11.7. The van der Waals surface area contributed by atoms with Crippen LogP contribution in [0.4, 0.5) is 0 Å². The van der Waals surface area contributed by atoms with E-state index in [0.717, 1.165) is 0 Å². The van der Waals surface area contributed by atoms with Gasteiger partial charge in [-0.25, -0.2) is 0 Å². The van der Waals surface area contributed by atoms with E-state index >= 15 is 0 Å². The summed E-state index contributed by atoms with van der Waals surface area (Å²) in [6.45, 7) is 1.04. The Labute approximate surface area is 106 Å². The molecule has 0 unspecified atom stereocenters. The van der Waals surface area contributed by atoms with Crippen LogP contribution < -0.4 is 0 Å². The van der Waals surface area contributed by atoms with Crippen molar-refractivity contribution in [3.63, 3.8) is 0 Å². The number of hydrogen-bond acceptors (Lipinski definition) is 5. The van der Waals surface area contributed by atoms with Crippen LogP contribution in [0.3, 0.4) is 0 Å². The molecule has 0 aromatic carbocycles. The van der Waals surface area contributed by atoms with Crippen LogP contribution in [-0.2, 0) is 25.0 Å². The maximum absolute atomic E-state index is 10.3. The fraction of sp³-hybridized carbons (Fsp3) is 1.00. The first-order valence-electron chi connectivity index (χ1n) is 2.73. The van der Waals surface area contributed by atoms with E-state index in [-0.39, 0.29) is 44.3 Å². The van der Waals surface area contributed by atoms with Gasteiger partial charge < -0.3 is 4.74 Å². The summed E-state index contributed by atoms with van der Waals surface area (Å²) in [6, 6.07) is 0. The molecule has 2 N–H and O–H groups in total. The molecule has 11 heteroatoms. The van der Waals surface area contributed by atoms with Crippen molar-refractivity contribution in [2.24, 2.45) is 0 Å². The molecule has 0 saturated carbocycles. The number of ether oxygens (including phenoxy) is 1. The fourth-order valence-electron chi connectivity index (χ4n) is 0.462. The molecule has 78 valence electrons. The molecule has 0 aliphatic carbocycles. The molecule has 0 atom stereocenters. The summed E-state index contributed by atoms with van der Waals surface area (Å²) in [6.07, 6.45) is 0. The topological polar surface area (TPSA) is 118 Å². The summed E-state index contributed by atoms with van der Waals surface area (Å²) in [5.41, 5.74) is 0. The minimum absolute atomic E-state index is 0. The summed E-state index contributed by atoms with van der Waals surface area (Å²) in [4.78, 5) is 0. The van der Waals surface area contributed by atoms with Gasteiger partial charge in [-0.05, 0) is 6.92 Å². The first kappa shape index (κ1) is 20.4. The minimum atomic E-state index is -4.94. The molecular weight excluding hydrogens is 226 g/mol. The van der Waals surface area contributed by atoms with Crippen molar-refractivity contribution >= 4 is 58.0 Å². The Hall–Kier alpha value is 0.975. The van der Waals surface area contributed by atoms with Crippen LogP contribution in [0.1, 0.15) is 6.92 Å². The molecule has 0 fully saturated rings. The second-order valence-electron chi connectivity index (χ2n) is 1.77. The van der Waals surface area contributed by atoms with E-state index in [1.165, 1.54) is 6.92 Å².